The number of aryl methyl sites for hydroxylation is 1. The molecule has 5 aromatic heterocycles. The van der Waals surface area contributed by atoms with Gasteiger partial charge in [-0.25, -0.2) is 19.5 Å². The highest BCUT2D eigenvalue weighted by atomic mass is 16.5. The number of nitrogens with zero attached hydrogens (tertiary/aromatic N) is 8. The topological polar surface area (TPSA) is 138 Å². The number of aromatic amines is 1. The number of nitrogens with one attached hydrogen (secondary N) is 2. The van der Waals surface area contributed by atoms with Gasteiger partial charge >= 0.3 is 0 Å². The van der Waals surface area contributed by atoms with Crippen LogP contribution in [-0.2, 0) is 0 Å². The van der Waals surface area contributed by atoms with Crippen LogP contribution in [-0.4, -0.2) is 90.7 Å². The summed E-state index contributed by atoms with van der Waals surface area (Å²) in [7, 11) is 4.33. The van der Waals surface area contributed by atoms with E-state index in [2.05, 4.69) is 56.1 Å². The average Bonchev–Trinajstić information content (AvgIpc) is 3.58. The van der Waals surface area contributed by atoms with Gasteiger partial charge in [0.25, 0.3) is 0 Å². The van der Waals surface area contributed by atoms with E-state index in [0.29, 0.717) is 36.0 Å². The normalized spacial score (nSPS) is 15.6. The fourth-order valence-electron chi connectivity index (χ4n) is 5.56. The zero-order chi connectivity index (χ0) is 28.5. The summed E-state index contributed by atoms with van der Waals surface area (Å²) in [5.41, 5.74) is 10.5. The number of nitrogen functional groups attached to an aromatic ring is 1. The predicted molar refractivity (Wildman–Crippen MR) is 160 cm³/mol. The molecule has 1 atom stereocenters. The van der Waals surface area contributed by atoms with Crippen LogP contribution in [0.4, 0.5) is 11.6 Å². The average molecular weight is 556 g/mol. The molecule has 12 heteroatoms. The number of aromatic nitrogens is 7. The Morgan fingerprint density at radius 1 is 1.20 bits per heavy atom. The molecule has 0 aromatic carbocycles. The maximum atomic E-state index is 6.32. The van der Waals surface area contributed by atoms with Gasteiger partial charge in [-0.3, -0.25) is 4.90 Å². The van der Waals surface area contributed by atoms with Crippen molar-refractivity contribution in [3.63, 3.8) is 0 Å². The Morgan fingerprint density at radius 3 is 2.80 bits per heavy atom. The standard InChI is InChI=1S/C29H37N11O/c1-18-6-12-40-25(18)29(41-14-13-39-10-7-21(8-11-39)38(3)4)36-26(37-40)19(2)35-28-24-22(16-32-27(24)33-17-34-28)20-5-9-31-23(30)15-20/h5-6,9,12,15-17,19,21H,7-8,10-11,13-14H2,1-4H3,(H2,30,31)(H2,32,33,34,35). The van der Waals surface area contributed by atoms with Crippen molar-refractivity contribution >= 4 is 28.2 Å². The lowest BCUT2D eigenvalue weighted by molar-refractivity contribution is 0.127. The quantitative estimate of drug-likeness (QED) is 0.248. The van der Waals surface area contributed by atoms with Crippen molar-refractivity contribution in [3.8, 4) is 17.0 Å². The summed E-state index contributed by atoms with van der Waals surface area (Å²) >= 11 is 0. The van der Waals surface area contributed by atoms with E-state index < -0.39 is 0 Å². The van der Waals surface area contributed by atoms with Crippen LogP contribution in [0.2, 0.25) is 0 Å². The molecule has 1 aliphatic rings. The Balaban J connectivity index is 1.22. The summed E-state index contributed by atoms with van der Waals surface area (Å²) in [5.74, 6) is 2.32. The molecule has 1 unspecified atom stereocenters. The van der Waals surface area contributed by atoms with Crippen LogP contribution in [0, 0.1) is 6.92 Å². The van der Waals surface area contributed by atoms with Crippen LogP contribution in [0.5, 0.6) is 5.88 Å². The molecule has 0 radical (unpaired) electrons. The van der Waals surface area contributed by atoms with E-state index in [-0.39, 0.29) is 6.04 Å². The molecule has 6 heterocycles. The van der Waals surface area contributed by atoms with E-state index in [1.165, 1.54) is 19.2 Å². The maximum absolute atomic E-state index is 6.32. The number of likely N-dealkylation sites (tertiary alicyclic amines) is 1. The van der Waals surface area contributed by atoms with E-state index in [1.807, 2.05) is 42.0 Å². The molecule has 0 spiro atoms. The van der Waals surface area contributed by atoms with Crippen molar-refractivity contribution in [1.29, 1.82) is 0 Å². The second kappa shape index (κ2) is 11.3. The number of nitrogens with two attached hydrogens (primary N) is 1. The number of hydrogen-bond acceptors (Lipinski definition) is 10. The summed E-state index contributed by atoms with van der Waals surface area (Å²) in [6.45, 7) is 7.68. The Kier molecular flexibility index (Phi) is 7.41. The van der Waals surface area contributed by atoms with Gasteiger partial charge in [0.1, 0.15) is 35.7 Å². The molecule has 214 valence electrons. The second-order valence-electron chi connectivity index (χ2n) is 10.9. The summed E-state index contributed by atoms with van der Waals surface area (Å²) < 4.78 is 8.17. The summed E-state index contributed by atoms with van der Waals surface area (Å²) in [4.78, 5) is 26.0. The number of hydrogen-bond donors (Lipinski definition) is 3. The minimum Gasteiger partial charge on any atom is -0.475 e. The molecule has 4 N–H and O–H groups in total. The lowest BCUT2D eigenvalue weighted by atomic mass is 10.0. The van der Waals surface area contributed by atoms with Gasteiger partial charge in [-0.1, -0.05) is 0 Å². The first-order valence-electron chi connectivity index (χ1n) is 14.1. The highest BCUT2D eigenvalue weighted by Crippen LogP contribution is 2.34. The van der Waals surface area contributed by atoms with Crippen molar-refractivity contribution < 1.29 is 4.74 Å². The molecule has 0 aliphatic carbocycles. The number of anilines is 2. The third kappa shape index (κ3) is 5.52. The number of fused-ring (bicyclic) bond motifs is 2. The van der Waals surface area contributed by atoms with Crippen molar-refractivity contribution in [1.82, 2.24) is 44.3 Å². The molecule has 6 rings (SSSR count). The molecular formula is C29H37N11O. The molecule has 1 fully saturated rings. The van der Waals surface area contributed by atoms with Gasteiger partial charge in [0.05, 0.1) is 11.4 Å². The SMILES string of the molecule is Cc1ccn2nc(C(C)Nc3ncnc4[nH]cc(-c5ccnc(N)c5)c34)nc(OCCN3CCC(N(C)C)CC3)c12. The molecular weight excluding hydrogens is 518 g/mol. The van der Waals surface area contributed by atoms with Gasteiger partial charge in [-0.15, -0.1) is 0 Å². The minimum absolute atomic E-state index is 0.266. The second-order valence-corrected chi connectivity index (χ2v) is 10.9. The molecule has 0 amide bonds. The molecule has 1 aliphatic heterocycles. The van der Waals surface area contributed by atoms with Gasteiger partial charge in [-0.05, 0) is 83.2 Å². The van der Waals surface area contributed by atoms with Gasteiger partial charge in [-0.2, -0.15) is 10.1 Å². The lowest BCUT2D eigenvalue weighted by Gasteiger charge is -2.35. The van der Waals surface area contributed by atoms with Crippen molar-refractivity contribution in [2.24, 2.45) is 0 Å². The van der Waals surface area contributed by atoms with Crippen molar-refractivity contribution in [3.05, 3.63) is 54.5 Å². The first-order chi connectivity index (χ1) is 19.9. The van der Waals surface area contributed by atoms with E-state index >= 15 is 0 Å². The first kappa shape index (κ1) is 26.9. The minimum atomic E-state index is -0.266. The summed E-state index contributed by atoms with van der Waals surface area (Å²) in [5, 5.41) is 9.17. The molecule has 0 saturated carbocycles. The highest BCUT2D eigenvalue weighted by molar-refractivity contribution is 6.01. The van der Waals surface area contributed by atoms with Crippen LogP contribution < -0.4 is 15.8 Å². The van der Waals surface area contributed by atoms with Crippen LogP contribution in [0.1, 0.15) is 37.2 Å². The van der Waals surface area contributed by atoms with Crippen LogP contribution in [0.15, 0.2) is 43.1 Å². The third-order valence-electron chi connectivity index (χ3n) is 7.93. The highest BCUT2D eigenvalue weighted by Gasteiger charge is 2.22. The largest absolute Gasteiger partial charge is 0.475 e. The number of H-pyrrole nitrogens is 1. The Hall–Kier alpha value is -4.29. The molecule has 5 aromatic rings. The number of pyridine rings is 1. The number of piperidine rings is 1. The molecule has 1 saturated heterocycles. The molecule has 41 heavy (non-hydrogen) atoms. The molecule has 12 nitrogen and oxygen atoms in total. The van der Waals surface area contributed by atoms with E-state index in [4.69, 9.17) is 20.6 Å². The monoisotopic (exact) mass is 555 g/mol. The Morgan fingerprint density at radius 2 is 2.02 bits per heavy atom. The maximum Gasteiger partial charge on any atom is 0.242 e. The molecule has 0 bridgehead atoms. The summed E-state index contributed by atoms with van der Waals surface area (Å²) in [6.07, 6.45) is 9.45. The predicted octanol–water partition coefficient (Wildman–Crippen LogP) is 3.53. The Bertz CT molecular complexity index is 1650. The van der Waals surface area contributed by atoms with Crippen molar-refractivity contribution in [2.45, 2.75) is 38.8 Å². The smallest absolute Gasteiger partial charge is 0.242 e. The van der Waals surface area contributed by atoms with E-state index in [9.17, 15) is 0 Å². The first-order valence-corrected chi connectivity index (χ1v) is 14.1. The van der Waals surface area contributed by atoms with Crippen LogP contribution >= 0.6 is 0 Å². The van der Waals surface area contributed by atoms with Gasteiger partial charge < -0.3 is 25.7 Å². The van der Waals surface area contributed by atoms with Gasteiger partial charge in [0.2, 0.25) is 5.88 Å². The van der Waals surface area contributed by atoms with Crippen LogP contribution in [0.3, 0.4) is 0 Å². The van der Waals surface area contributed by atoms with E-state index in [1.54, 1.807) is 6.20 Å². The van der Waals surface area contributed by atoms with Gasteiger partial charge in [0, 0.05) is 36.7 Å². The Labute approximate surface area is 239 Å². The number of rotatable bonds is 9. The zero-order valence-corrected chi connectivity index (χ0v) is 24.0. The van der Waals surface area contributed by atoms with E-state index in [0.717, 1.165) is 52.9 Å². The fourth-order valence-corrected chi connectivity index (χ4v) is 5.56. The number of ether oxygens (including phenoxy) is 1. The van der Waals surface area contributed by atoms with Gasteiger partial charge in [0.15, 0.2) is 5.82 Å². The lowest BCUT2D eigenvalue weighted by Crippen LogP contribution is -2.43. The van der Waals surface area contributed by atoms with Crippen molar-refractivity contribution in [2.75, 3.05) is 51.4 Å². The fraction of sp³-hybridized carbons (Fsp3) is 0.414. The van der Waals surface area contributed by atoms with Crippen LogP contribution in [0.25, 0.3) is 27.7 Å². The summed E-state index contributed by atoms with van der Waals surface area (Å²) in [6, 6.07) is 6.18. The third-order valence-corrected chi connectivity index (χ3v) is 7.93. The zero-order valence-electron chi connectivity index (χ0n) is 24.0.